The molecule has 2 heterocycles. The van der Waals surface area contributed by atoms with Crippen molar-refractivity contribution in [1.82, 2.24) is 10.4 Å². The van der Waals surface area contributed by atoms with Crippen molar-refractivity contribution in [3.05, 3.63) is 53.8 Å². The molecule has 1 N–H and O–H groups in total. The molecule has 2 unspecified atom stereocenters. The maximum Gasteiger partial charge on any atom is 0.184 e. The van der Waals surface area contributed by atoms with Gasteiger partial charge in [0.15, 0.2) is 11.5 Å². The van der Waals surface area contributed by atoms with Crippen LogP contribution in [0.3, 0.4) is 0 Å². The third-order valence-corrected chi connectivity index (χ3v) is 5.90. The molecule has 6 heteroatoms. The molecule has 0 amide bonds. The number of benzene rings is 2. The van der Waals surface area contributed by atoms with E-state index in [2.05, 4.69) is 35.2 Å². The van der Waals surface area contributed by atoms with Crippen LogP contribution in [-0.4, -0.2) is 50.4 Å². The number of hydrazine groups is 1. The van der Waals surface area contributed by atoms with Gasteiger partial charge in [-0.15, -0.1) is 0 Å². The summed E-state index contributed by atoms with van der Waals surface area (Å²) in [7, 11) is 0. The molecule has 2 aliphatic rings. The Morgan fingerprint density at radius 1 is 1.00 bits per heavy atom. The first-order valence-corrected chi connectivity index (χ1v) is 10.6. The summed E-state index contributed by atoms with van der Waals surface area (Å²) in [5, 5.41) is 2.26. The Kier molecular flexibility index (Phi) is 6.21. The number of ether oxygens (including phenoxy) is 2. The zero-order valence-electron chi connectivity index (χ0n) is 17.2. The lowest BCUT2D eigenvalue weighted by molar-refractivity contribution is 0.139. The van der Waals surface area contributed by atoms with Gasteiger partial charge in [0.2, 0.25) is 0 Å². The number of nitrogens with one attached hydrogen (secondary N) is 1. The summed E-state index contributed by atoms with van der Waals surface area (Å²) >= 11 is 0. The first-order chi connectivity index (χ1) is 14.2. The molecule has 1 fully saturated rings. The van der Waals surface area contributed by atoms with E-state index in [0.717, 1.165) is 55.3 Å². The molecule has 29 heavy (non-hydrogen) atoms. The number of fused-ring (bicyclic) bond motifs is 1. The average molecular weight is 400 g/mol. The minimum Gasteiger partial charge on any atom is -0.486 e. The number of piperazine rings is 1. The number of para-hydroxylation sites is 1. The highest BCUT2D eigenvalue weighted by Crippen LogP contribution is 2.39. The lowest BCUT2D eigenvalue weighted by Gasteiger charge is -2.39. The third-order valence-electron chi connectivity index (χ3n) is 5.90. The van der Waals surface area contributed by atoms with Gasteiger partial charge < -0.3 is 14.4 Å². The minimum atomic E-state index is -0.117. The third kappa shape index (κ3) is 4.33. The van der Waals surface area contributed by atoms with E-state index < -0.39 is 0 Å². The molecule has 5 nitrogen and oxygen atoms in total. The molecule has 0 aliphatic carbocycles. The normalized spacial score (nSPS) is 19.1. The van der Waals surface area contributed by atoms with Gasteiger partial charge in [0.1, 0.15) is 19.0 Å². The van der Waals surface area contributed by atoms with Gasteiger partial charge in [-0.05, 0) is 37.1 Å². The predicted octanol–water partition coefficient (Wildman–Crippen LogP) is 3.81. The van der Waals surface area contributed by atoms with Crippen molar-refractivity contribution in [2.24, 2.45) is 0 Å². The topological polar surface area (TPSA) is 37.0 Å². The fourth-order valence-corrected chi connectivity index (χ4v) is 4.38. The molecule has 0 radical (unpaired) electrons. The van der Waals surface area contributed by atoms with Crippen LogP contribution < -0.4 is 19.8 Å². The smallest absolute Gasteiger partial charge is 0.184 e. The fraction of sp³-hybridized carbons (Fsp3) is 0.478. The molecule has 0 aromatic heterocycles. The highest BCUT2D eigenvalue weighted by Gasteiger charge is 2.26. The standard InChI is InChI=1S/C23H30FN3O2/c1-3-18(19-7-4-5-8-20(19)24)17(2)25-27-13-11-26(12-14-27)21-9-6-10-22-23(21)29-16-15-28-22/h4-10,17-18,25H,3,11-16H2,1-2H3. The molecule has 1 saturated heterocycles. The van der Waals surface area contributed by atoms with E-state index in [1.165, 1.54) is 0 Å². The van der Waals surface area contributed by atoms with Crippen molar-refractivity contribution < 1.29 is 13.9 Å². The summed E-state index contributed by atoms with van der Waals surface area (Å²) in [6.07, 6.45) is 0.891. The Morgan fingerprint density at radius 3 is 2.52 bits per heavy atom. The van der Waals surface area contributed by atoms with Crippen molar-refractivity contribution in [2.45, 2.75) is 32.2 Å². The molecule has 156 valence electrons. The summed E-state index contributed by atoms with van der Waals surface area (Å²) in [5.41, 5.74) is 5.51. The van der Waals surface area contributed by atoms with E-state index in [4.69, 9.17) is 9.47 Å². The molecule has 2 atom stereocenters. The van der Waals surface area contributed by atoms with Gasteiger partial charge in [-0.2, -0.15) is 0 Å². The van der Waals surface area contributed by atoms with Crippen molar-refractivity contribution >= 4 is 5.69 Å². The predicted molar refractivity (Wildman–Crippen MR) is 113 cm³/mol. The van der Waals surface area contributed by atoms with Crippen LogP contribution in [0, 0.1) is 5.82 Å². The lowest BCUT2D eigenvalue weighted by atomic mass is 9.90. The molecule has 2 aromatic carbocycles. The molecular weight excluding hydrogens is 369 g/mol. The Balaban J connectivity index is 1.37. The molecule has 2 aliphatic heterocycles. The van der Waals surface area contributed by atoms with Gasteiger partial charge >= 0.3 is 0 Å². The Hall–Kier alpha value is -2.31. The Morgan fingerprint density at radius 2 is 1.76 bits per heavy atom. The summed E-state index contributed by atoms with van der Waals surface area (Å²) in [5.74, 6) is 1.72. The minimum absolute atomic E-state index is 0.117. The van der Waals surface area contributed by atoms with E-state index in [1.54, 1.807) is 12.1 Å². The van der Waals surface area contributed by atoms with Crippen LogP contribution in [0.25, 0.3) is 0 Å². The van der Waals surface area contributed by atoms with Crippen molar-refractivity contribution in [3.63, 3.8) is 0 Å². The zero-order valence-corrected chi connectivity index (χ0v) is 17.2. The van der Waals surface area contributed by atoms with Gasteiger partial charge in [-0.1, -0.05) is 31.2 Å². The number of nitrogens with zero attached hydrogens (tertiary/aromatic N) is 2. The second-order valence-corrected chi connectivity index (χ2v) is 7.73. The maximum atomic E-state index is 14.3. The van der Waals surface area contributed by atoms with E-state index >= 15 is 0 Å². The highest BCUT2D eigenvalue weighted by atomic mass is 19.1. The molecule has 4 rings (SSSR count). The van der Waals surface area contributed by atoms with E-state index in [-0.39, 0.29) is 17.8 Å². The van der Waals surface area contributed by atoms with Crippen LogP contribution in [0.15, 0.2) is 42.5 Å². The number of hydrogen-bond acceptors (Lipinski definition) is 5. The van der Waals surface area contributed by atoms with Crippen LogP contribution in [0.5, 0.6) is 11.5 Å². The van der Waals surface area contributed by atoms with Gasteiger partial charge in [0.25, 0.3) is 0 Å². The van der Waals surface area contributed by atoms with Crippen molar-refractivity contribution in [2.75, 3.05) is 44.3 Å². The van der Waals surface area contributed by atoms with Crippen LogP contribution in [-0.2, 0) is 0 Å². The highest BCUT2D eigenvalue weighted by molar-refractivity contribution is 5.65. The first-order valence-electron chi connectivity index (χ1n) is 10.6. The summed E-state index contributed by atoms with van der Waals surface area (Å²) in [4.78, 5) is 2.35. The number of halogens is 1. The van der Waals surface area contributed by atoms with E-state index in [0.29, 0.717) is 13.2 Å². The second-order valence-electron chi connectivity index (χ2n) is 7.73. The van der Waals surface area contributed by atoms with Crippen LogP contribution in [0.2, 0.25) is 0 Å². The van der Waals surface area contributed by atoms with Crippen molar-refractivity contribution in [3.8, 4) is 11.5 Å². The second kappa shape index (κ2) is 9.01. The van der Waals surface area contributed by atoms with Gasteiger partial charge in [-0.25, -0.2) is 9.40 Å². The van der Waals surface area contributed by atoms with Crippen LogP contribution >= 0.6 is 0 Å². The Bertz CT molecular complexity index is 824. The van der Waals surface area contributed by atoms with Gasteiger partial charge in [0.05, 0.1) is 5.69 Å². The molecule has 0 saturated carbocycles. The summed E-state index contributed by atoms with van der Waals surface area (Å²) in [6, 6.07) is 13.4. The van der Waals surface area contributed by atoms with Crippen molar-refractivity contribution in [1.29, 1.82) is 0 Å². The van der Waals surface area contributed by atoms with E-state index in [1.807, 2.05) is 24.3 Å². The van der Waals surface area contributed by atoms with Crippen LogP contribution in [0.1, 0.15) is 31.7 Å². The molecular formula is C23H30FN3O2. The van der Waals surface area contributed by atoms with Gasteiger partial charge in [-0.3, -0.25) is 5.43 Å². The van der Waals surface area contributed by atoms with E-state index in [9.17, 15) is 4.39 Å². The molecule has 2 aromatic rings. The Labute approximate surface area is 172 Å². The summed E-state index contributed by atoms with van der Waals surface area (Å²) in [6.45, 7) is 9.04. The van der Waals surface area contributed by atoms with Gasteiger partial charge in [0, 0.05) is 38.1 Å². The number of anilines is 1. The average Bonchev–Trinajstić information content (AvgIpc) is 2.76. The molecule has 0 bridgehead atoms. The monoisotopic (exact) mass is 399 g/mol. The first kappa shape index (κ1) is 20.0. The SMILES string of the molecule is CCC(c1ccccc1F)C(C)NN1CCN(c2cccc3c2OCCO3)CC1. The summed E-state index contributed by atoms with van der Waals surface area (Å²) < 4.78 is 25.9. The van der Waals surface area contributed by atoms with Crippen LogP contribution in [0.4, 0.5) is 10.1 Å². The zero-order chi connectivity index (χ0) is 20.2. The fourth-order valence-electron chi connectivity index (χ4n) is 4.38. The number of hydrogen-bond donors (Lipinski definition) is 1. The maximum absolute atomic E-state index is 14.3. The molecule has 0 spiro atoms. The largest absolute Gasteiger partial charge is 0.486 e. The number of rotatable bonds is 6. The quantitative estimate of drug-likeness (QED) is 0.800. The lowest BCUT2D eigenvalue weighted by Crippen LogP contribution is -2.55.